The SMILES string of the molecule is NC(=O)c1ccccc1OCC(=O)Nc1ccc2c(c1)OC(F)(F)O2. The Morgan fingerprint density at radius 2 is 1.84 bits per heavy atom. The van der Waals surface area contributed by atoms with E-state index in [4.69, 9.17) is 10.5 Å². The summed E-state index contributed by atoms with van der Waals surface area (Å²) in [7, 11) is 0. The largest absolute Gasteiger partial charge is 0.586 e. The zero-order valence-electron chi connectivity index (χ0n) is 12.6. The summed E-state index contributed by atoms with van der Waals surface area (Å²) >= 11 is 0. The van der Waals surface area contributed by atoms with Crippen LogP contribution >= 0.6 is 0 Å². The van der Waals surface area contributed by atoms with Crippen molar-refractivity contribution in [1.82, 2.24) is 0 Å². The minimum atomic E-state index is -3.73. The summed E-state index contributed by atoms with van der Waals surface area (Å²) in [6.45, 7) is -0.408. The Bertz CT molecular complexity index is 841. The minimum Gasteiger partial charge on any atom is -0.483 e. The molecule has 0 saturated carbocycles. The number of alkyl halides is 2. The number of halogens is 2. The molecule has 1 heterocycles. The van der Waals surface area contributed by atoms with Crippen LogP contribution < -0.4 is 25.3 Å². The maximum Gasteiger partial charge on any atom is 0.586 e. The fourth-order valence-corrected chi connectivity index (χ4v) is 2.16. The zero-order valence-corrected chi connectivity index (χ0v) is 12.6. The van der Waals surface area contributed by atoms with Gasteiger partial charge < -0.3 is 25.3 Å². The van der Waals surface area contributed by atoms with E-state index in [2.05, 4.69) is 14.8 Å². The monoisotopic (exact) mass is 350 g/mol. The number of nitrogens with two attached hydrogens (primary N) is 1. The molecule has 1 aliphatic rings. The maximum atomic E-state index is 13.0. The van der Waals surface area contributed by atoms with Gasteiger partial charge in [-0.2, -0.15) is 0 Å². The number of benzene rings is 2. The van der Waals surface area contributed by atoms with Gasteiger partial charge in [-0.25, -0.2) is 0 Å². The predicted molar refractivity (Wildman–Crippen MR) is 81.7 cm³/mol. The van der Waals surface area contributed by atoms with Gasteiger partial charge >= 0.3 is 6.29 Å². The van der Waals surface area contributed by atoms with Crippen LogP contribution in [0.25, 0.3) is 0 Å². The molecule has 0 radical (unpaired) electrons. The van der Waals surface area contributed by atoms with E-state index >= 15 is 0 Å². The van der Waals surface area contributed by atoms with E-state index in [9.17, 15) is 18.4 Å². The molecule has 0 spiro atoms. The predicted octanol–water partition coefficient (Wildman–Crippen LogP) is 2.12. The lowest BCUT2D eigenvalue weighted by Crippen LogP contribution is -2.25. The van der Waals surface area contributed by atoms with Gasteiger partial charge in [0.2, 0.25) is 0 Å². The van der Waals surface area contributed by atoms with Gasteiger partial charge in [-0.3, -0.25) is 9.59 Å². The number of para-hydroxylation sites is 1. The molecule has 0 aromatic heterocycles. The summed E-state index contributed by atoms with van der Waals surface area (Å²) in [5, 5.41) is 2.46. The highest BCUT2D eigenvalue weighted by Crippen LogP contribution is 2.42. The van der Waals surface area contributed by atoms with Gasteiger partial charge in [0.15, 0.2) is 18.1 Å². The summed E-state index contributed by atoms with van der Waals surface area (Å²) in [6.07, 6.45) is -3.73. The number of amides is 2. The lowest BCUT2D eigenvalue weighted by atomic mass is 10.2. The molecule has 9 heteroatoms. The number of hydrogen-bond donors (Lipinski definition) is 2. The number of carbonyl (C=O) groups excluding carboxylic acids is 2. The molecule has 0 unspecified atom stereocenters. The second kappa shape index (κ2) is 6.27. The topological polar surface area (TPSA) is 99.9 Å². The van der Waals surface area contributed by atoms with Gasteiger partial charge in [-0.05, 0) is 24.3 Å². The molecule has 3 N–H and O–H groups in total. The number of fused-ring (bicyclic) bond motifs is 1. The first kappa shape index (κ1) is 16.5. The molecule has 0 aliphatic carbocycles. The van der Waals surface area contributed by atoms with E-state index in [1.165, 1.54) is 30.3 Å². The number of primary amides is 1. The molecule has 2 aromatic rings. The number of carbonyl (C=O) groups is 2. The third-order valence-electron chi connectivity index (χ3n) is 3.20. The van der Waals surface area contributed by atoms with Gasteiger partial charge in [0.1, 0.15) is 5.75 Å². The average molecular weight is 350 g/mol. The highest BCUT2D eigenvalue weighted by atomic mass is 19.3. The van der Waals surface area contributed by atoms with Crippen LogP contribution in [0.4, 0.5) is 14.5 Å². The first-order valence-corrected chi connectivity index (χ1v) is 7.05. The van der Waals surface area contributed by atoms with E-state index in [-0.39, 0.29) is 28.5 Å². The molecule has 0 fully saturated rings. The standard InChI is InChI=1S/C16H12F2N2O5/c17-16(18)24-12-6-5-9(7-13(12)25-16)20-14(21)8-23-11-4-2-1-3-10(11)15(19)22/h1-7H,8H2,(H2,19,22)(H,20,21). The van der Waals surface area contributed by atoms with Crippen LogP contribution in [0.3, 0.4) is 0 Å². The van der Waals surface area contributed by atoms with Crippen molar-refractivity contribution >= 4 is 17.5 Å². The normalized spacial score (nSPS) is 14.0. The highest BCUT2D eigenvalue weighted by molar-refractivity contribution is 5.96. The maximum absolute atomic E-state index is 13.0. The summed E-state index contributed by atoms with van der Waals surface area (Å²) in [4.78, 5) is 23.2. The van der Waals surface area contributed by atoms with Crippen LogP contribution in [0.15, 0.2) is 42.5 Å². The molecular formula is C16H12F2N2O5. The Morgan fingerprint density at radius 3 is 2.60 bits per heavy atom. The third-order valence-corrected chi connectivity index (χ3v) is 3.20. The van der Waals surface area contributed by atoms with Crippen LogP contribution in [0.2, 0.25) is 0 Å². The highest BCUT2D eigenvalue weighted by Gasteiger charge is 2.43. The summed E-state index contributed by atoms with van der Waals surface area (Å²) in [5.74, 6) is -1.41. The van der Waals surface area contributed by atoms with Crippen molar-refractivity contribution < 1.29 is 32.6 Å². The fourth-order valence-electron chi connectivity index (χ4n) is 2.16. The Labute approximate surface area is 140 Å². The Kier molecular flexibility index (Phi) is 4.14. The van der Waals surface area contributed by atoms with Crippen LogP contribution in [0, 0.1) is 0 Å². The number of nitrogens with one attached hydrogen (secondary N) is 1. The third kappa shape index (κ3) is 3.77. The van der Waals surface area contributed by atoms with Crippen molar-refractivity contribution in [3.8, 4) is 17.2 Å². The van der Waals surface area contributed by atoms with E-state index in [0.29, 0.717) is 0 Å². The van der Waals surface area contributed by atoms with Crippen molar-refractivity contribution in [1.29, 1.82) is 0 Å². The molecule has 0 bridgehead atoms. The fraction of sp³-hybridized carbons (Fsp3) is 0.125. The van der Waals surface area contributed by atoms with Gasteiger partial charge in [-0.1, -0.05) is 12.1 Å². The van der Waals surface area contributed by atoms with Crippen LogP contribution in [-0.4, -0.2) is 24.7 Å². The molecule has 7 nitrogen and oxygen atoms in total. The van der Waals surface area contributed by atoms with Crippen LogP contribution in [-0.2, 0) is 4.79 Å². The van der Waals surface area contributed by atoms with Gasteiger partial charge in [0.25, 0.3) is 11.8 Å². The van der Waals surface area contributed by atoms with Gasteiger partial charge in [0, 0.05) is 11.8 Å². The van der Waals surface area contributed by atoms with E-state index < -0.39 is 24.7 Å². The molecule has 0 saturated heterocycles. The number of hydrogen-bond acceptors (Lipinski definition) is 5. The van der Waals surface area contributed by atoms with Crippen molar-refractivity contribution in [2.45, 2.75) is 6.29 Å². The lowest BCUT2D eigenvalue weighted by Gasteiger charge is -2.10. The smallest absolute Gasteiger partial charge is 0.483 e. The molecule has 25 heavy (non-hydrogen) atoms. The van der Waals surface area contributed by atoms with E-state index in [1.807, 2.05) is 0 Å². The average Bonchev–Trinajstić information content (AvgIpc) is 2.86. The van der Waals surface area contributed by atoms with Crippen molar-refractivity contribution in [2.24, 2.45) is 5.73 Å². The molecule has 0 atom stereocenters. The Balaban J connectivity index is 1.62. The van der Waals surface area contributed by atoms with E-state index in [0.717, 1.165) is 0 Å². The first-order chi connectivity index (χ1) is 11.8. The lowest BCUT2D eigenvalue weighted by molar-refractivity contribution is -0.286. The zero-order chi connectivity index (χ0) is 18.0. The molecule has 2 amide bonds. The van der Waals surface area contributed by atoms with Crippen molar-refractivity contribution in [2.75, 3.05) is 11.9 Å². The Morgan fingerprint density at radius 1 is 1.12 bits per heavy atom. The molecular weight excluding hydrogens is 338 g/mol. The second-order valence-corrected chi connectivity index (χ2v) is 5.03. The van der Waals surface area contributed by atoms with E-state index in [1.54, 1.807) is 12.1 Å². The quantitative estimate of drug-likeness (QED) is 0.860. The summed E-state index contributed by atoms with van der Waals surface area (Å²) < 4.78 is 39.7. The van der Waals surface area contributed by atoms with Crippen molar-refractivity contribution in [3.05, 3.63) is 48.0 Å². The molecule has 130 valence electrons. The van der Waals surface area contributed by atoms with Gasteiger partial charge in [0.05, 0.1) is 5.56 Å². The minimum absolute atomic E-state index is 0.130. The van der Waals surface area contributed by atoms with Crippen LogP contribution in [0.5, 0.6) is 17.2 Å². The van der Waals surface area contributed by atoms with Gasteiger partial charge in [-0.15, -0.1) is 8.78 Å². The number of anilines is 1. The molecule has 3 rings (SSSR count). The number of rotatable bonds is 5. The number of ether oxygens (including phenoxy) is 3. The summed E-state index contributed by atoms with van der Waals surface area (Å²) in [5.41, 5.74) is 5.57. The molecule has 1 aliphatic heterocycles. The van der Waals surface area contributed by atoms with Crippen LogP contribution in [0.1, 0.15) is 10.4 Å². The van der Waals surface area contributed by atoms with Crippen molar-refractivity contribution in [3.63, 3.8) is 0 Å². The first-order valence-electron chi connectivity index (χ1n) is 7.05. The Hall–Kier alpha value is -3.36. The molecule has 2 aromatic carbocycles. The summed E-state index contributed by atoms with van der Waals surface area (Å²) in [6, 6.07) is 10.0. The second-order valence-electron chi connectivity index (χ2n) is 5.03.